The van der Waals surface area contributed by atoms with Gasteiger partial charge in [-0.25, -0.2) is 4.98 Å². The van der Waals surface area contributed by atoms with Crippen LogP contribution in [0.5, 0.6) is 0 Å². The molecular weight excluding hydrogens is 310 g/mol. The van der Waals surface area contributed by atoms with Gasteiger partial charge in [0, 0.05) is 18.3 Å². The van der Waals surface area contributed by atoms with Crippen LogP contribution in [-0.2, 0) is 6.54 Å². The van der Waals surface area contributed by atoms with Gasteiger partial charge in [0.2, 0.25) is 0 Å². The number of unbranched alkanes of at least 4 members (excludes halogenated alkanes) is 3. The number of rotatable bonds is 7. The summed E-state index contributed by atoms with van der Waals surface area (Å²) >= 11 is 6.20. The van der Waals surface area contributed by atoms with Crippen LogP contribution in [0, 0.1) is 0 Å². The maximum Gasteiger partial charge on any atom is 0.108 e. The average Bonchev–Trinajstić information content (AvgIpc) is 3.04. The molecule has 3 rings (SSSR count). The molecule has 0 aliphatic carbocycles. The van der Waals surface area contributed by atoms with Crippen LogP contribution in [0.15, 0.2) is 36.8 Å². The Morgan fingerprint density at radius 3 is 2.83 bits per heavy atom. The molecule has 0 aliphatic rings. The van der Waals surface area contributed by atoms with Crippen LogP contribution < -0.4 is 5.73 Å². The number of nitrogens with zero attached hydrogens (tertiary/aromatic N) is 4. The number of hydrogen-bond donors (Lipinski definition) is 1. The van der Waals surface area contributed by atoms with Crippen LogP contribution in [0.2, 0.25) is 5.02 Å². The van der Waals surface area contributed by atoms with Gasteiger partial charge in [0.15, 0.2) is 0 Å². The van der Waals surface area contributed by atoms with Crippen LogP contribution in [0.3, 0.4) is 0 Å². The summed E-state index contributed by atoms with van der Waals surface area (Å²) in [6, 6.07) is 5.61. The number of aryl methyl sites for hydroxylation is 1. The van der Waals surface area contributed by atoms with Crippen molar-refractivity contribution < 1.29 is 0 Å². The number of fused-ring (bicyclic) bond motifs is 1. The van der Waals surface area contributed by atoms with Gasteiger partial charge in [-0.1, -0.05) is 30.5 Å². The molecule has 0 spiro atoms. The first kappa shape index (κ1) is 15.9. The third-order valence-electron chi connectivity index (χ3n) is 3.79. The second-order valence-electron chi connectivity index (χ2n) is 5.56. The number of hydrogen-bond acceptors (Lipinski definition) is 4. The Bertz CT molecular complexity index is 784. The van der Waals surface area contributed by atoms with E-state index in [0.717, 1.165) is 48.2 Å². The molecule has 0 aliphatic heterocycles. The number of para-hydroxylation sites is 1. The maximum atomic E-state index is 6.20. The highest BCUT2D eigenvalue weighted by Crippen LogP contribution is 2.23. The Balaban J connectivity index is 1.71. The van der Waals surface area contributed by atoms with Gasteiger partial charge >= 0.3 is 0 Å². The van der Waals surface area contributed by atoms with E-state index in [4.69, 9.17) is 17.3 Å². The quantitative estimate of drug-likeness (QED) is 0.671. The van der Waals surface area contributed by atoms with Crippen molar-refractivity contribution in [2.75, 3.05) is 6.54 Å². The molecule has 2 N–H and O–H groups in total. The molecule has 3 aromatic rings. The normalized spacial score (nSPS) is 11.2. The van der Waals surface area contributed by atoms with Gasteiger partial charge in [-0.2, -0.15) is 5.10 Å². The molecule has 5 nitrogen and oxygen atoms in total. The average molecular weight is 330 g/mol. The molecule has 0 radical (unpaired) electrons. The summed E-state index contributed by atoms with van der Waals surface area (Å²) in [5, 5.41) is 5.02. The number of benzene rings is 1. The van der Waals surface area contributed by atoms with Crippen molar-refractivity contribution >= 4 is 22.6 Å². The van der Waals surface area contributed by atoms with Gasteiger partial charge in [-0.15, -0.1) is 0 Å². The topological polar surface area (TPSA) is 69.6 Å². The molecule has 0 saturated carbocycles. The van der Waals surface area contributed by atoms with E-state index in [1.165, 1.54) is 12.8 Å². The van der Waals surface area contributed by atoms with Crippen molar-refractivity contribution in [3.8, 4) is 11.3 Å². The number of halogens is 1. The van der Waals surface area contributed by atoms with Crippen LogP contribution in [0.25, 0.3) is 22.3 Å². The van der Waals surface area contributed by atoms with Crippen molar-refractivity contribution in [2.24, 2.45) is 5.73 Å². The Kier molecular flexibility index (Phi) is 5.20. The van der Waals surface area contributed by atoms with Crippen molar-refractivity contribution in [1.29, 1.82) is 0 Å². The van der Waals surface area contributed by atoms with Crippen LogP contribution >= 0.6 is 11.6 Å². The minimum Gasteiger partial charge on any atom is -0.330 e. The van der Waals surface area contributed by atoms with Gasteiger partial charge in [0.25, 0.3) is 0 Å². The van der Waals surface area contributed by atoms with E-state index < -0.39 is 0 Å². The lowest BCUT2D eigenvalue weighted by atomic mass is 10.2. The van der Waals surface area contributed by atoms with Crippen LogP contribution in [-0.4, -0.2) is 26.3 Å². The lowest BCUT2D eigenvalue weighted by Crippen LogP contribution is -2.00. The van der Waals surface area contributed by atoms with Crippen molar-refractivity contribution in [3.63, 3.8) is 0 Å². The summed E-state index contributed by atoms with van der Waals surface area (Å²) in [6.07, 6.45) is 10.2. The first-order valence-electron chi connectivity index (χ1n) is 7.92. The summed E-state index contributed by atoms with van der Waals surface area (Å²) in [5.41, 5.74) is 8.77. The fraction of sp³-hybridized carbons (Fsp3) is 0.353. The van der Waals surface area contributed by atoms with E-state index >= 15 is 0 Å². The van der Waals surface area contributed by atoms with Crippen molar-refractivity contribution in [3.05, 3.63) is 41.8 Å². The van der Waals surface area contributed by atoms with Crippen LogP contribution in [0.1, 0.15) is 25.7 Å². The molecule has 1 aromatic carbocycles. The van der Waals surface area contributed by atoms with E-state index in [2.05, 4.69) is 15.1 Å². The zero-order chi connectivity index (χ0) is 16.1. The molecular formula is C17H20ClN5. The fourth-order valence-corrected chi connectivity index (χ4v) is 2.74. The van der Waals surface area contributed by atoms with Crippen molar-refractivity contribution in [2.45, 2.75) is 32.2 Å². The maximum absolute atomic E-state index is 6.20. The Morgan fingerprint density at radius 1 is 1.09 bits per heavy atom. The Hall–Kier alpha value is -1.98. The standard InChI is InChI=1S/C17H20ClN5/c18-14-6-5-7-15-17(14)22-16(11-20-15)13-10-21-23(12-13)9-4-2-1-3-8-19/h5-7,10-12H,1-4,8-9,19H2. The molecule has 0 unspecified atom stereocenters. The third kappa shape index (κ3) is 3.86. The molecule has 23 heavy (non-hydrogen) atoms. The Morgan fingerprint density at radius 2 is 1.96 bits per heavy atom. The van der Waals surface area contributed by atoms with Crippen molar-refractivity contribution in [1.82, 2.24) is 19.7 Å². The largest absolute Gasteiger partial charge is 0.330 e. The van der Waals surface area contributed by atoms with Crippen LogP contribution in [0.4, 0.5) is 0 Å². The second kappa shape index (κ2) is 7.53. The second-order valence-corrected chi connectivity index (χ2v) is 5.96. The monoisotopic (exact) mass is 329 g/mol. The molecule has 6 heteroatoms. The zero-order valence-electron chi connectivity index (χ0n) is 13.0. The smallest absolute Gasteiger partial charge is 0.108 e. The number of nitrogens with two attached hydrogens (primary N) is 1. The van der Waals surface area contributed by atoms with Gasteiger partial charge in [0.05, 0.1) is 28.6 Å². The molecule has 0 amide bonds. The van der Waals surface area contributed by atoms with E-state index in [1.807, 2.05) is 35.3 Å². The summed E-state index contributed by atoms with van der Waals surface area (Å²) in [7, 11) is 0. The molecule has 0 bridgehead atoms. The van der Waals surface area contributed by atoms with Gasteiger partial charge in [-0.05, 0) is 31.5 Å². The molecule has 0 atom stereocenters. The van der Waals surface area contributed by atoms with E-state index in [-0.39, 0.29) is 0 Å². The SMILES string of the molecule is NCCCCCCn1cc(-c2cnc3cccc(Cl)c3n2)cn1. The first-order valence-corrected chi connectivity index (χ1v) is 8.30. The third-order valence-corrected chi connectivity index (χ3v) is 4.10. The fourth-order valence-electron chi connectivity index (χ4n) is 2.53. The van der Waals surface area contributed by atoms with Gasteiger partial charge < -0.3 is 5.73 Å². The number of aromatic nitrogens is 4. The first-order chi connectivity index (χ1) is 11.3. The molecule has 0 fully saturated rings. The van der Waals surface area contributed by atoms with E-state index in [1.54, 1.807) is 6.20 Å². The lowest BCUT2D eigenvalue weighted by Gasteiger charge is -2.02. The summed E-state index contributed by atoms with van der Waals surface area (Å²) in [4.78, 5) is 9.05. The summed E-state index contributed by atoms with van der Waals surface area (Å²) in [6.45, 7) is 1.68. The highest BCUT2D eigenvalue weighted by atomic mass is 35.5. The highest BCUT2D eigenvalue weighted by Gasteiger charge is 2.07. The highest BCUT2D eigenvalue weighted by molar-refractivity contribution is 6.34. The summed E-state index contributed by atoms with van der Waals surface area (Å²) in [5.74, 6) is 0. The predicted molar refractivity (Wildman–Crippen MR) is 93.3 cm³/mol. The predicted octanol–water partition coefficient (Wildman–Crippen LogP) is 3.67. The summed E-state index contributed by atoms with van der Waals surface area (Å²) < 4.78 is 1.95. The Labute approximate surface area is 140 Å². The van der Waals surface area contributed by atoms with E-state index in [9.17, 15) is 0 Å². The lowest BCUT2D eigenvalue weighted by molar-refractivity contribution is 0.537. The minimum absolute atomic E-state index is 0.615. The van der Waals surface area contributed by atoms with Gasteiger partial charge in [-0.3, -0.25) is 9.67 Å². The zero-order valence-corrected chi connectivity index (χ0v) is 13.7. The molecule has 2 aromatic heterocycles. The minimum atomic E-state index is 0.615. The molecule has 0 saturated heterocycles. The van der Waals surface area contributed by atoms with Gasteiger partial charge in [0.1, 0.15) is 5.52 Å². The molecule has 2 heterocycles. The van der Waals surface area contributed by atoms with E-state index in [0.29, 0.717) is 5.02 Å². The molecule has 120 valence electrons.